The molecule has 342 valence electrons. The number of nitrogens with zero attached hydrogens (tertiary/aromatic N) is 7. The molecule has 2 fully saturated rings. The van der Waals surface area contributed by atoms with Gasteiger partial charge in [-0.1, -0.05) is 53.5 Å². The molecule has 3 aliphatic rings. The Balaban J connectivity index is 1.18. The highest BCUT2D eigenvalue weighted by atomic mass is 35.5. The van der Waals surface area contributed by atoms with Crippen LogP contribution in [0.25, 0.3) is 11.0 Å². The van der Waals surface area contributed by atoms with Crippen LogP contribution >= 0.6 is 23.2 Å². The summed E-state index contributed by atoms with van der Waals surface area (Å²) < 4.78 is 56.5. The van der Waals surface area contributed by atoms with Gasteiger partial charge in [0.2, 0.25) is 0 Å². The number of fused-ring (bicyclic) bond motifs is 5. The number of carbonyl (C=O) groups is 2. The zero-order chi connectivity index (χ0) is 47.3. The lowest BCUT2D eigenvalue weighted by atomic mass is 9.53. The monoisotopic (exact) mass is 946 g/mol. The number of phenolic OH excluding ortho intramolecular Hbond substituents is 1. The van der Waals surface area contributed by atoms with Gasteiger partial charge in [-0.15, -0.1) is 0 Å². The minimum Gasteiger partial charge on any atom is -0.507 e. The van der Waals surface area contributed by atoms with Crippen LogP contribution in [0.3, 0.4) is 0 Å². The zero-order valence-corrected chi connectivity index (χ0v) is 37.2. The molecule has 3 aromatic carbocycles. The van der Waals surface area contributed by atoms with Gasteiger partial charge in [0.25, 0.3) is 17.4 Å². The summed E-state index contributed by atoms with van der Waals surface area (Å²) in [5, 5.41) is 11.4. The maximum absolute atomic E-state index is 15.5. The van der Waals surface area contributed by atoms with E-state index in [1.807, 2.05) is 0 Å². The van der Waals surface area contributed by atoms with Crippen molar-refractivity contribution in [2.45, 2.75) is 63.3 Å². The second-order valence-corrected chi connectivity index (χ2v) is 17.3. The van der Waals surface area contributed by atoms with Gasteiger partial charge in [0.1, 0.15) is 11.4 Å². The molecule has 2 N–H and O–H groups in total. The SMILES string of the molecule is COc1cc2nc(CCn3c(=O)n4n(c3=O)C3CC5C(=O)N(Nc6ncc(C(F)(F)F)cc6Cl)C(=O)C5(c5ccc(Cl)cc5)C(c5cc(C)c(O)c(C)c5)C3=CC4)c(=O)n(C)c2cc1OC. The number of hydrogen-bond acceptors (Lipinski definition) is 11. The van der Waals surface area contributed by atoms with Crippen LogP contribution in [-0.2, 0) is 47.7 Å². The Labute approximate surface area is 382 Å². The first-order chi connectivity index (χ1) is 31.3. The molecule has 6 aromatic rings. The lowest BCUT2D eigenvalue weighted by Crippen LogP contribution is -2.53. The molecule has 2 aliphatic heterocycles. The molecule has 66 heavy (non-hydrogen) atoms. The highest BCUT2D eigenvalue weighted by Gasteiger charge is 2.69. The average molecular weight is 948 g/mol. The molecular weight excluding hydrogens is 908 g/mol. The number of ether oxygens (including phenoxy) is 2. The molecule has 2 amide bonds. The maximum Gasteiger partial charge on any atom is 0.417 e. The summed E-state index contributed by atoms with van der Waals surface area (Å²) in [5.41, 5.74) is 0.937. The van der Waals surface area contributed by atoms with Crippen LogP contribution in [0.2, 0.25) is 10.0 Å². The number of aryl methyl sites for hydroxylation is 4. The van der Waals surface area contributed by atoms with Crippen LogP contribution in [0.1, 0.15) is 51.9 Å². The minimum atomic E-state index is -4.79. The van der Waals surface area contributed by atoms with E-state index in [0.29, 0.717) is 72.7 Å². The number of benzene rings is 3. The Bertz CT molecular complexity index is 3250. The van der Waals surface area contributed by atoms with Crippen molar-refractivity contribution in [2.75, 3.05) is 19.6 Å². The number of aromatic nitrogens is 6. The second-order valence-electron chi connectivity index (χ2n) is 16.5. The molecule has 0 radical (unpaired) electrons. The van der Waals surface area contributed by atoms with Gasteiger partial charge in [0.15, 0.2) is 17.3 Å². The Kier molecular flexibility index (Phi) is 10.7. The van der Waals surface area contributed by atoms with Gasteiger partial charge < -0.3 is 19.1 Å². The summed E-state index contributed by atoms with van der Waals surface area (Å²) in [5.74, 6) is -3.62. The predicted octanol–water partition coefficient (Wildman–Crippen LogP) is 5.98. The lowest BCUT2D eigenvalue weighted by molar-refractivity contribution is -0.139. The van der Waals surface area contributed by atoms with Crippen LogP contribution in [0.4, 0.5) is 19.0 Å². The van der Waals surface area contributed by atoms with Gasteiger partial charge in [-0.3, -0.25) is 19.8 Å². The van der Waals surface area contributed by atoms with Gasteiger partial charge in [0, 0.05) is 49.3 Å². The van der Waals surface area contributed by atoms with E-state index in [9.17, 15) is 32.7 Å². The number of pyridine rings is 1. The summed E-state index contributed by atoms with van der Waals surface area (Å²) in [7, 11) is 4.49. The third kappa shape index (κ3) is 6.68. The number of imide groups is 1. The molecule has 4 unspecified atom stereocenters. The van der Waals surface area contributed by atoms with E-state index in [0.717, 1.165) is 4.57 Å². The van der Waals surface area contributed by atoms with E-state index in [4.69, 9.17) is 32.7 Å². The van der Waals surface area contributed by atoms with Crippen LogP contribution in [0.5, 0.6) is 17.2 Å². The number of allylic oxidation sites excluding steroid dienone is 2. The highest BCUT2D eigenvalue weighted by molar-refractivity contribution is 6.33. The minimum absolute atomic E-state index is 0.00213. The smallest absolute Gasteiger partial charge is 0.417 e. The molecule has 4 atom stereocenters. The summed E-state index contributed by atoms with van der Waals surface area (Å²) in [6.45, 7) is 2.97. The number of rotatable bonds is 9. The van der Waals surface area contributed by atoms with E-state index < -0.39 is 74.6 Å². The number of alkyl halides is 3. The average Bonchev–Trinajstić information content (AvgIpc) is 3.65. The fourth-order valence-corrected chi connectivity index (χ4v) is 10.2. The van der Waals surface area contributed by atoms with Crippen molar-refractivity contribution >= 4 is 51.9 Å². The number of nitrogens with one attached hydrogen (secondary N) is 1. The summed E-state index contributed by atoms with van der Waals surface area (Å²) in [6.07, 6.45) is -2.85. The van der Waals surface area contributed by atoms with Crippen molar-refractivity contribution in [2.24, 2.45) is 13.0 Å². The highest BCUT2D eigenvalue weighted by Crippen LogP contribution is 2.62. The predicted molar refractivity (Wildman–Crippen MR) is 235 cm³/mol. The van der Waals surface area contributed by atoms with Crippen LogP contribution in [0, 0.1) is 19.8 Å². The molecule has 21 heteroatoms. The van der Waals surface area contributed by atoms with Crippen molar-refractivity contribution < 1.29 is 37.3 Å². The number of anilines is 1. The quantitative estimate of drug-likeness (QED) is 0.128. The molecule has 1 aliphatic carbocycles. The molecule has 0 spiro atoms. The zero-order valence-electron chi connectivity index (χ0n) is 35.7. The van der Waals surface area contributed by atoms with Crippen LogP contribution in [0.15, 0.2) is 86.8 Å². The first-order valence-electron chi connectivity index (χ1n) is 20.5. The number of aromatic hydroxyl groups is 1. The van der Waals surface area contributed by atoms with E-state index >= 15 is 9.59 Å². The van der Waals surface area contributed by atoms with E-state index in [1.54, 1.807) is 75.5 Å². The van der Waals surface area contributed by atoms with Gasteiger partial charge >= 0.3 is 17.6 Å². The Morgan fingerprint density at radius 3 is 2.24 bits per heavy atom. The second kappa shape index (κ2) is 15.9. The fraction of sp³-hybridized carbons (Fsp3) is 0.311. The normalized spacial score (nSPS) is 20.2. The van der Waals surface area contributed by atoms with Gasteiger partial charge in [-0.05, 0) is 66.3 Å². The Morgan fingerprint density at radius 1 is 0.939 bits per heavy atom. The maximum atomic E-state index is 15.5. The molecule has 16 nitrogen and oxygen atoms in total. The number of carbonyl (C=O) groups excluding carboxylic acids is 2. The topological polar surface area (TPSA) is 185 Å². The molecule has 1 saturated carbocycles. The van der Waals surface area contributed by atoms with Gasteiger partial charge in [-0.2, -0.15) is 18.2 Å². The number of methoxy groups -OCH3 is 2. The largest absolute Gasteiger partial charge is 0.507 e. The van der Waals surface area contributed by atoms with Crippen molar-refractivity contribution in [3.8, 4) is 17.2 Å². The summed E-state index contributed by atoms with van der Waals surface area (Å²) in [4.78, 5) is 81.5. The van der Waals surface area contributed by atoms with E-state index in [-0.39, 0.29) is 37.4 Å². The molecule has 0 bridgehead atoms. The Hall–Kier alpha value is -6.86. The summed E-state index contributed by atoms with van der Waals surface area (Å²) >= 11 is 12.7. The fourth-order valence-electron chi connectivity index (χ4n) is 9.90. The number of hydrogen-bond donors (Lipinski definition) is 2. The number of hydrazine groups is 1. The standard InChI is InChI=1S/C45H39Cl2F3N8O8/c1-21-14-23(15-22(2)37(21)59)36-27-10-13-56-42(63)55(12-11-30-40(61)54(3)33-19-35(66-5)34(65-4)18-31(33)52-30)43(64)58(56)32(27)17-28-39(60)57(41(62)44(28,36)24-6-8-26(46)9-7-24)53-38-29(47)16-25(20-51-38)45(48,49)50/h6-10,14-16,18-20,28,32,36,59H,11-13,17H2,1-5H3,(H,51,53). The molecule has 5 heterocycles. The molecular formula is C45H39Cl2F3N8O8. The first kappa shape index (κ1) is 44.3. The Morgan fingerprint density at radius 2 is 1.61 bits per heavy atom. The van der Waals surface area contributed by atoms with Crippen LogP contribution < -0.4 is 31.8 Å². The van der Waals surface area contributed by atoms with Crippen LogP contribution in [-0.4, -0.2) is 64.6 Å². The van der Waals surface area contributed by atoms with E-state index in [1.165, 1.54) is 28.2 Å². The summed E-state index contributed by atoms with van der Waals surface area (Å²) in [6, 6.07) is 12.6. The molecule has 3 aromatic heterocycles. The number of halogens is 5. The molecule has 1 saturated heterocycles. The first-order valence-corrected chi connectivity index (χ1v) is 21.2. The van der Waals surface area contributed by atoms with Crippen molar-refractivity contribution in [1.82, 2.24) is 33.5 Å². The van der Waals surface area contributed by atoms with Crippen molar-refractivity contribution in [3.63, 3.8) is 0 Å². The van der Waals surface area contributed by atoms with Gasteiger partial charge in [0.05, 0.1) is 59.8 Å². The third-order valence-corrected chi connectivity index (χ3v) is 13.5. The lowest BCUT2D eigenvalue weighted by Gasteiger charge is -2.49. The van der Waals surface area contributed by atoms with Gasteiger partial charge in [-0.25, -0.2) is 33.5 Å². The van der Waals surface area contributed by atoms with Crippen molar-refractivity contribution in [1.29, 1.82) is 0 Å². The number of phenols is 1. The third-order valence-electron chi connectivity index (χ3n) is 13.0. The van der Waals surface area contributed by atoms with E-state index in [2.05, 4.69) is 15.4 Å². The van der Waals surface area contributed by atoms with Crippen molar-refractivity contribution in [3.05, 3.63) is 147 Å². The molecule has 9 rings (SSSR count). The number of amides is 2.